The molecule has 1 saturated heterocycles. The molecule has 0 N–H and O–H groups in total. The molecule has 0 spiro atoms. The third-order valence-electron chi connectivity index (χ3n) is 2.50. The molecule has 0 radical (unpaired) electrons. The van der Waals surface area contributed by atoms with Crippen LogP contribution in [-0.4, -0.2) is 12.4 Å². The molecule has 1 heterocycles. The normalized spacial score (nSPS) is 32.9. The van der Waals surface area contributed by atoms with E-state index in [1.54, 1.807) is 0 Å². The summed E-state index contributed by atoms with van der Waals surface area (Å²) < 4.78 is 11.2. The van der Waals surface area contributed by atoms with Crippen molar-refractivity contribution in [3.63, 3.8) is 0 Å². The quantitative estimate of drug-likeness (QED) is 0.681. The van der Waals surface area contributed by atoms with E-state index in [4.69, 9.17) is 9.47 Å². The van der Waals surface area contributed by atoms with Gasteiger partial charge in [-0.25, -0.2) is 0 Å². The maximum absolute atomic E-state index is 5.72. The highest BCUT2D eigenvalue weighted by atomic mass is 16.7. The van der Waals surface area contributed by atoms with Crippen LogP contribution in [0.1, 0.15) is 31.9 Å². The molecule has 1 fully saturated rings. The number of hydrogen-bond acceptors (Lipinski definition) is 2. The van der Waals surface area contributed by atoms with E-state index >= 15 is 0 Å². The van der Waals surface area contributed by atoms with Crippen LogP contribution in [0.3, 0.4) is 0 Å². The Balaban J connectivity index is 2.11. The monoisotopic (exact) mass is 192 g/mol. The highest BCUT2D eigenvalue weighted by molar-refractivity contribution is 5.17. The van der Waals surface area contributed by atoms with Crippen molar-refractivity contribution >= 4 is 0 Å². The van der Waals surface area contributed by atoms with Gasteiger partial charge in [0.05, 0.1) is 12.2 Å². The van der Waals surface area contributed by atoms with E-state index in [0.29, 0.717) is 0 Å². The molecule has 0 bridgehead atoms. The molecular weight excluding hydrogens is 176 g/mol. The predicted octanol–water partition coefficient (Wildman–Crippen LogP) is 2.90. The van der Waals surface area contributed by atoms with Crippen LogP contribution in [-0.2, 0) is 9.47 Å². The second-order valence-electron chi connectivity index (χ2n) is 3.79. The summed E-state index contributed by atoms with van der Waals surface area (Å²) in [6.07, 6.45) is 1.32. The molecule has 3 atom stereocenters. The van der Waals surface area contributed by atoms with Gasteiger partial charge >= 0.3 is 0 Å². The van der Waals surface area contributed by atoms with Crippen molar-refractivity contribution in [3.05, 3.63) is 35.9 Å². The third-order valence-corrected chi connectivity index (χ3v) is 2.50. The zero-order valence-electron chi connectivity index (χ0n) is 8.64. The molecule has 2 nitrogen and oxygen atoms in total. The molecule has 0 aromatic heterocycles. The Hall–Kier alpha value is -0.860. The van der Waals surface area contributed by atoms with E-state index in [2.05, 4.69) is 19.1 Å². The average Bonchev–Trinajstić information content (AvgIpc) is 2.18. The molecule has 0 aliphatic carbocycles. The summed E-state index contributed by atoms with van der Waals surface area (Å²) in [5, 5.41) is 0. The lowest BCUT2D eigenvalue weighted by molar-refractivity contribution is -0.231. The van der Waals surface area contributed by atoms with Gasteiger partial charge in [-0.3, -0.25) is 0 Å². The van der Waals surface area contributed by atoms with Crippen molar-refractivity contribution in [1.82, 2.24) is 0 Å². The first-order valence-electron chi connectivity index (χ1n) is 5.11. The molecule has 76 valence electrons. The van der Waals surface area contributed by atoms with Gasteiger partial charge in [-0.05, 0) is 19.4 Å². The fourth-order valence-corrected chi connectivity index (χ4v) is 1.89. The molecule has 0 amide bonds. The predicted molar refractivity (Wildman–Crippen MR) is 54.9 cm³/mol. The second-order valence-corrected chi connectivity index (χ2v) is 3.79. The van der Waals surface area contributed by atoms with Crippen molar-refractivity contribution in [1.29, 1.82) is 0 Å². The molecule has 1 aliphatic rings. The van der Waals surface area contributed by atoms with Gasteiger partial charge in [-0.2, -0.15) is 0 Å². The summed E-state index contributed by atoms with van der Waals surface area (Å²) >= 11 is 0. The molecule has 2 rings (SSSR count). The van der Waals surface area contributed by atoms with E-state index in [-0.39, 0.29) is 18.5 Å². The fraction of sp³-hybridized carbons (Fsp3) is 0.500. The summed E-state index contributed by atoms with van der Waals surface area (Å²) in [6, 6.07) is 10.3. The minimum absolute atomic E-state index is 0.0936. The van der Waals surface area contributed by atoms with Crippen LogP contribution in [0.4, 0.5) is 0 Å². The van der Waals surface area contributed by atoms with Crippen molar-refractivity contribution in [2.45, 2.75) is 38.8 Å². The number of ether oxygens (including phenoxy) is 2. The summed E-state index contributed by atoms with van der Waals surface area (Å²) in [5.74, 6) is 0. The molecule has 1 aromatic carbocycles. The van der Waals surface area contributed by atoms with Crippen LogP contribution < -0.4 is 0 Å². The van der Waals surface area contributed by atoms with Crippen molar-refractivity contribution < 1.29 is 9.47 Å². The van der Waals surface area contributed by atoms with Gasteiger partial charge in [0.1, 0.15) is 0 Å². The van der Waals surface area contributed by atoms with Crippen LogP contribution in [0.15, 0.2) is 30.3 Å². The minimum Gasteiger partial charge on any atom is -0.350 e. The van der Waals surface area contributed by atoms with E-state index in [0.717, 1.165) is 6.42 Å². The highest BCUT2D eigenvalue weighted by Gasteiger charge is 2.25. The lowest BCUT2D eigenvalue weighted by Gasteiger charge is -2.32. The zero-order valence-corrected chi connectivity index (χ0v) is 8.64. The van der Waals surface area contributed by atoms with E-state index in [9.17, 15) is 0 Å². The number of benzene rings is 1. The minimum atomic E-state index is -0.0936. The fourth-order valence-electron chi connectivity index (χ4n) is 1.89. The Morgan fingerprint density at radius 1 is 1.07 bits per heavy atom. The van der Waals surface area contributed by atoms with Gasteiger partial charge in [0.2, 0.25) is 0 Å². The Bertz CT molecular complexity index is 274. The lowest BCUT2D eigenvalue weighted by atomic mass is 10.0. The highest BCUT2D eigenvalue weighted by Crippen LogP contribution is 2.30. The maximum atomic E-state index is 5.72. The molecule has 2 heteroatoms. The molecule has 1 aliphatic heterocycles. The van der Waals surface area contributed by atoms with E-state index in [1.807, 2.05) is 25.1 Å². The van der Waals surface area contributed by atoms with Crippen LogP contribution >= 0.6 is 0 Å². The van der Waals surface area contributed by atoms with E-state index in [1.165, 1.54) is 5.56 Å². The van der Waals surface area contributed by atoms with E-state index < -0.39 is 0 Å². The van der Waals surface area contributed by atoms with Crippen LogP contribution in [0.2, 0.25) is 0 Å². The zero-order chi connectivity index (χ0) is 9.97. The SMILES string of the molecule is C[C@@H]1O[C@H](C)C[C@@H](c2ccccc2)O1. The Morgan fingerprint density at radius 2 is 1.79 bits per heavy atom. The third kappa shape index (κ3) is 2.14. The molecule has 14 heavy (non-hydrogen) atoms. The van der Waals surface area contributed by atoms with Crippen molar-refractivity contribution in [3.8, 4) is 0 Å². The Labute approximate surface area is 84.8 Å². The maximum Gasteiger partial charge on any atom is 0.155 e. The first-order valence-corrected chi connectivity index (χ1v) is 5.11. The molecular formula is C12H16O2. The van der Waals surface area contributed by atoms with Crippen LogP contribution in [0, 0.1) is 0 Å². The van der Waals surface area contributed by atoms with Crippen LogP contribution in [0.25, 0.3) is 0 Å². The first kappa shape index (κ1) is 9.69. The Kier molecular flexibility index (Phi) is 2.85. The van der Waals surface area contributed by atoms with Crippen LogP contribution in [0.5, 0.6) is 0 Å². The lowest BCUT2D eigenvalue weighted by Crippen LogP contribution is -2.30. The first-order chi connectivity index (χ1) is 6.75. The summed E-state index contributed by atoms with van der Waals surface area (Å²) in [6.45, 7) is 4.04. The Morgan fingerprint density at radius 3 is 2.43 bits per heavy atom. The summed E-state index contributed by atoms with van der Waals surface area (Å²) in [4.78, 5) is 0. The summed E-state index contributed by atoms with van der Waals surface area (Å²) in [7, 11) is 0. The summed E-state index contributed by atoms with van der Waals surface area (Å²) in [5.41, 5.74) is 1.24. The standard InChI is InChI=1S/C12H16O2/c1-9-8-12(14-10(2)13-9)11-6-4-3-5-7-11/h3-7,9-10,12H,8H2,1-2H3/t9-,10-,12+/m1/s1. The second kappa shape index (κ2) is 4.11. The average molecular weight is 192 g/mol. The van der Waals surface area contributed by atoms with Crippen molar-refractivity contribution in [2.75, 3.05) is 0 Å². The van der Waals surface area contributed by atoms with Gasteiger partial charge in [0.25, 0.3) is 0 Å². The molecule has 0 unspecified atom stereocenters. The topological polar surface area (TPSA) is 18.5 Å². The van der Waals surface area contributed by atoms with Gasteiger partial charge in [0, 0.05) is 6.42 Å². The van der Waals surface area contributed by atoms with Gasteiger partial charge < -0.3 is 9.47 Å². The number of hydrogen-bond donors (Lipinski definition) is 0. The van der Waals surface area contributed by atoms with Gasteiger partial charge in [0.15, 0.2) is 6.29 Å². The largest absolute Gasteiger partial charge is 0.350 e. The van der Waals surface area contributed by atoms with Crippen molar-refractivity contribution in [2.24, 2.45) is 0 Å². The smallest absolute Gasteiger partial charge is 0.155 e. The van der Waals surface area contributed by atoms with Gasteiger partial charge in [-0.1, -0.05) is 30.3 Å². The number of rotatable bonds is 1. The molecule has 1 aromatic rings. The van der Waals surface area contributed by atoms with Gasteiger partial charge in [-0.15, -0.1) is 0 Å². The molecule has 0 saturated carbocycles.